The van der Waals surface area contributed by atoms with Crippen molar-refractivity contribution < 1.29 is 14.3 Å². The number of carbonyl (C=O) groups is 2. The lowest BCUT2D eigenvalue weighted by Crippen LogP contribution is -2.39. The number of nitrogens with zero attached hydrogens (tertiary/aromatic N) is 1. The summed E-state index contributed by atoms with van der Waals surface area (Å²) in [7, 11) is 1.85. The van der Waals surface area contributed by atoms with Crippen molar-refractivity contribution in [1.29, 1.82) is 0 Å². The maximum absolute atomic E-state index is 11.7. The van der Waals surface area contributed by atoms with Crippen LogP contribution in [-0.2, 0) is 9.59 Å². The third-order valence-electron chi connectivity index (χ3n) is 3.69. The predicted molar refractivity (Wildman–Crippen MR) is 85.1 cm³/mol. The summed E-state index contributed by atoms with van der Waals surface area (Å²) in [6.07, 6.45) is 1.52. The predicted octanol–water partition coefficient (Wildman–Crippen LogP) is 0.916. The normalized spacial score (nSPS) is 15.7. The van der Waals surface area contributed by atoms with Crippen molar-refractivity contribution >= 4 is 17.5 Å². The highest BCUT2D eigenvalue weighted by Crippen LogP contribution is 2.23. The molecular weight excluding hydrogens is 282 g/mol. The van der Waals surface area contributed by atoms with Crippen LogP contribution >= 0.6 is 0 Å². The summed E-state index contributed by atoms with van der Waals surface area (Å²) in [5.74, 6) is 0.625. The Labute approximate surface area is 130 Å². The molecule has 1 heterocycles. The third-order valence-corrected chi connectivity index (χ3v) is 3.69. The van der Waals surface area contributed by atoms with E-state index in [-0.39, 0.29) is 24.5 Å². The Bertz CT molecular complexity index is 516. The number of nitrogens with one attached hydrogen (secondary N) is 2. The molecule has 2 N–H and O–H groups in total. The quantitative estimate of drug-likeness (QED) is 0.786. The molecule has 1 fully saturated rings. The minimum absolute atomic E-state index is 0.0155. The summed E-state index contributed by atoms with van der Waals surface area (Å²) >= 11 is 0. The molecule has 0 saturated carbocycles. The van der Waals surface area contributed by atoms with Gasteiger partial charge in [0.05, 0.1) is 0 Å². The fourth-order valence-electron chi connectivity index (χ4n) is 2.21. The summed E-state index contributed by atoms with van der Waals surface area (Å²) in [6, 6.07) is 7.48. The second-order valence-corrected chi connectivity index (χ2v) is 5.43. The fraction of sp³-hybridized carbons (Fsp3) is 0.500. The summed E-state index contributed by atoms with van der Waals surface area (Å²) in [5, 5.41) is 5.83. The molecule has 1 unspecified atom stereocenters. The van der Waals surface area contributed by atoms with E-state index in [1.54, 1.807) is 17.0 Å². The first-order valence-corrected chi connectivity index (χ1v) is 7.57. The number of amides is 2. The largest absolute Gasteiger partial charge is 0.484 e. The average Bonchev–Trinajstić information content (AvgIpc) is 2.97. The van der Waals surface area contributed by atoms with E-state index in [2.05, 4.69) is 10.6 Å². The standard InChI is InChI=1S/C16H23N3O3/c1-12(17-2)10-18-15(20)11-22-14-7-5-13(6-8-14)19-9-3-4-16(19)21/h5-8,12,17H,3-4,9-11H2,1-2H3,(H,18,20). The van der Waals surface area contributed by atoms with Crippen molar-refractivity contribution in [2.45, 2.75) is 25.8 Å². The molecule has 0 radical (unpaired) electrons. The number of carbonyl (C=O) groups excluding carboxylic acids is 2. The van der Waals surface area contributed by atoms with Crippen LogP contribution in [0.25, 0.3) is 0 Å². The smallest absolute Gasteiger partial charge is 0.257 e. The third kappa shape index (κ3) is 4.46. The zero-order valence-corrected chi connectivity index (χ0v) is 13.1. The van der Waals surface area contributed by atoms with Crippen molar-refractivity contribution in [3.8, 4) is 5.75 Å². The zero-order valence-electron chi connectivity index (χ0n) is 13.1. The van der Waals surface area contributed by atoms with Crippen LogP contribution in [0.5, 0.6) is 5.75 Å². The van der Waals surface area contributed by atoms with Gasteiger partial charge < -0.3 is 20.3 Å². The molecule has 2 amide bonds. The maximum Gasteiger partial charge on any atom is 0.257 e. The van der Waals surface area contributed by atoms with E-state index in [1.807, 2.05) is 26.1 Å². The van der Waals surface area contributed by atoms with Crippen LogP contribution in [0.4, 0.5) is 5.69 Å². The Hall–Kier alpha value is -2.08. The first-order chi connectivity index (χ1) is 10.6. The lowest BCUT2D eigenvalue weighted by Gasteiger charge is -2.16. The van der Waals surface area contributed by atoms with E-state index >= 15 is 0 Å². The van der Waals surface area contributed by atoms with Gasteiger partial charge in [-0.25, -0.2) is 0 Å². The molecule has 2 rings (SSSR count). The van der Waals surface area contributed by atoms with E-state index in [0.29, 0.717) is 18.7 Å². The highest BCUT2D eigenvalue weighted by molar-refractivity contribution is 5.95. The van der Waals surface area contributed by atoms with Crippen LogP contribution in [0.15, 0.2) is 24.3 Å². The molecule has 6 heteroatoms. The zero-order chi connectivity index (χ0) is 15.9. The fourth-order valence-corrected chi connectivity index (χ4v) is 2.21. The van der Waals surface area contributed by atoms with Gasteiger partial charge in [-0.1, -0.05) is 0 Å². The van der Waals surface area contributed by atoms with Crippen molar-refractivity contribution in [1.82, 2.24) is 10.6 Å². The monoisotopic (exact) mass is 305 g/mol. The topological polar surface area (TPSA) is 70.7 Å². The van der Waals surface area contributed by atoms with E-state index in [9.17, 15) is 9.59 Å². The molecule has 0 aliphatic carbocycles. The molecule has 1 atom stereocenters. The van der Waals surface area contributed by atoms with E-state index in [4.69, 9.17) is 4.74 Å². The Kier molecular flexibility index (Phi) is 5.77. The lowest BCUT2D eigenvalue weighted by molar-refractivity contribution is -0.123. The Morgan fingerprint density at radius 3 is 2.68 bits per heavy atom. The van der Waals surface area contributed by atoms with Crippen LogP contribution in [-0.4, -0.2) is 44.6 Å². The number of benzene rings is 1. The van der Waals surface area contributed by atoms with Crippen molar-refractivity contribution in [3.05, 3.63) is 24.3 Å². The van der Waals surface area contributed by atoms with Gasteiger partial charge in [0.1, 0.15) is 5.75 Å². The Morgan fingerprint density at radius 1 is 1.36 bits per heavy atom. The van der Waals surface area contributed by atoms with Gasteiger partial charge in [-0.3, -0.25) is 9.59 Å². The molecule has 120 valence electrons. The van der Waals surface area contributed by atoms with Gasteiger partial charge in [0.25, 0.3) is 5.91 Å². The van der Waals surface area contributed by atoms with Gasteiger partial charge in [-0.15, -0.1) is 0 Å². The van der Waals surface area contributed by atoms with Gasteiger partial charge in [-0.05, 0) is 44.7 Å². The highest BCUT2D eigenvalue weighted by atomic mass is 16.5. The minimum Gasteiger partial charge on any atom is -0.484 e. The van der Waals surface area contributed by atoms with Crippen LogP contribution in [0.3, 0.4) is 0 Å². The highest BCUT2D eigenvalue weighted by Gasteiger charge is 2.21. The van der Waals surface area contributed by atoms with Gasteiger partial charge >= 0.3 is 0 Å². The number of likely N-dealkylation sites (N-methyl/N-ethyl adjacent to an activating group) is 1. The van der Waals surface area contributed by atoms with E-state index < -0.39 is 0 Å². The SMILES string of the molecule is CNC(C)CNC(=O)COc1ccc(N2CCCC2=O)cc1. The summed E-state index contributed by atoms with van der Waals surface area (Å²) in [6.45, 7) is 3.30. The van der Waals surface area contributed by atoms with Crippen LogP contribution in [0, 0.1) is 0 Å². The Balaban J connectivity index is 1.79. The van der Waals surface area contributed by atoms with Gasteiger partial charge in [0.15, 0.2) is 6.61 Å². The van der Waals surface area contributed by atoms with E-state index in [1.165, 1.54) is 0 Å². The molecule has 1 saturated heterocycles. The number of ether oxygens (including phenoxy) is 1. The maximum atomic E-state index is 11.7. The summed E-state index contributed by atoms with van der Waals surface area (Å²) in [4.78, 5) is 25.1. The molecular formula is C16H23N3O3. The van der Waals surface area contributed by atoms with Crippen LogP contribution < -0.4 is 20.3 Å². The molecule has 0 bridgehead atoms. The molecule has 1 aromatic rings. The van der Waals surface area contributed by atoms with Gasteiger partial charge in [-0.2, -0.15) is 0 Å². The molecule has 6 nitrogen and oxygen atoms in total. The Morgan fingerprint density at radius 2 is 2.09 bits per heavy atom. The number of hydrogen-bond acceptors (Lipinski definition) is 4. The van der Waals surface area contributed by atoms with E-state index in [0.717, 1.165) is 18.7 Å². The van der Waals surface area contributed by atoms with Crippen molar-refractivity contribution in [2.75, 3.05) is 31.6 Å². The second kappa shape index (κ2) is 7.79. The number of rotatable bonds is 7. The first kappa shape index (κ1) is 16.3. The van der Waals surface area contributed by atoms with Gasteiger partial charge in [0, 0.05) is 31.2 Å². The van der Waals surface area contributed by atoms with Gasteiger partial charge in [0.2, 0.25) is 5.91 Å². The number of anilines is 1. The van der Waals surface area contributed by atoms with Crippen LogP contribution in [0.2, 0.25) is 0 Å². The van der Waals surface area contributed by atoms with Crippen LogP contribution in [0.1, 0.15) is 19.8 Å². The molecule has 1 aromatic carbocycles. The summed E-state index contributed by atoms with van der Waals surface area (Å²) < 4.78 is 5.44. The minimum atomic E-state index is -0.152. The molecule has 1 aliphatic rings. The molecule has 0 spiro atoms. The molecule has 22 heavy (non-hydrogen) atoms. The molecule has 0 aromatic heterocycles. The second-order valence-electron chi connectivity index (χ2n) is 5.43. The molecule has 1 aliphatic heterocycles. The van der Waals surface area contributed by atoms with Crippen molar-refractivity contribution in [2.24, 2.45) is 0 Å². The summed E-state index contributed by atoms with van der Waals surface area (Å²) in [5.41, 5.74) is 0.877. The van der Waals surface area contributed by atoms with Crippen molar-refractivity contribution in [3.63, 3.8) is 0 Å². The first-order valence-electron chi connectivity index (χ1n) is 7.57. The average molecular weight is 305 g/mol. The number of hydrogen-bond donors (Lipinski definition) is 2. The lowest BCUT2D eigenvalue weighted by atomic mass is 10.3.